The lowest BCUT2D eigenvalue weighted by molar-refractivity contribution is -0.383. The molecule has 9 heteroatoms. The number of carbonyl (C=O) groups is 1. The maximum absolute atomic E-state index is 12.4. The predicted octanol–water partition coefficient (Wildman–Crippen LogP) is 2.37. The van der Waals surface area contributed by atoms with Crippen LogP contribution in [-0.4, -0.2) is 44.7 Å². The number of fused-ring (bicyclic) bond motifs is 3. The highest BCUT2D eigenvalue weighted by Gasteiger charge is 2.34. The number of carbonyl (C=O) groups excluding carboxylic acids is 1. The molecule has 25 heavy (non-hydrogen) atoms. The van der Waals surface area contributed by atoms with Crippen LogP contribution in [-0.2, 0) is 11.2 Å². The number of nitrogens with zero attached hydrogens (tertiary/aromatic N) is 5. The van der Waals surface area contributed by atoms with E-state index in [-0.39, 0.29) is 29.7 Å². The summed E-state index contributed by atoms with van der Waals surface area (Å²) in [6.07, 6.45) is 3.67. The molecule has 2 aromatic rings. The van der Waals surface area contributed by atoms with Crippen LogP contribution in [0.4, 0.5) is 11.5 Å². The number of rotatable bonds is 6. The summed E-state index contributed by atoms with van der Waals surface area (Å²) in [4.78, 5) is 29.5. The van der Waals surface area contributed by atoms with Crippen LogP contribution in [0.25, 0.3) is 5.65 Å². The fourth-order valence-corrected chi connectivity index (χ4v) is 3.45. The number of ether oxygens (including phenoxy) is 1. The van der Waals surface area contributed by atoms with E-state index in [0.29, 0.717) is 6.42 Å². The van der Waals surface area contributed by atoms with Gasteiger partial charge in [0.1, 0.15) is 12.0 Å². The molecular formula is C16H21N5O4. The molecule has 0 unspecified atom stereocenters. The van der Waals surface area contributed by atoms with Crippen LogP contribution in [0.1, 0.15) is 49.7 Å². The summed E-state index contributed by atoms with van der Waals surface area (Å²) in [7, 11) is 0. The first-order chi connectivity index (χ1) is 12.0. The number of hydrogen-bond donors (Lipinski definition) is 0. The molecule has 9 nitrogen and oxygen atoms in total. The third-order valence-corrected chi connectivity index (χ3v) is 4.62. The van der Waals surface area contributed by atoms with Crippen LogP contribution in [0.5, 0.6) is 0 Å². The van der Waals surface area contributed by atoms with Gasteiger partial charge in [0.05, 0.1) is 11.5 Å². The molecular weight excluding hydrogens is 326 g/mol. The Morgan fingerprint density at radius 1 is 1.40 bits per heavy atom. The summed E-state index contributed by atoms with van der Waals surface area (Å²) >= 11 is 0. The Labute approximate surface area is 144 Å². The van der Waals surface area contributed by atoms with Gasteiger partial charge in [0.25, 0.3) is 0 Å². The minimum Gasteiger partial charge on any atom is -0.461 e. The van der Waals surface area contributed by atoms with Gasteiger partial charge in [-0.15, -0.1) is 0 Å². The third-order valence-electron chi connectivity index (χ3n) is 4.62. The van der Waals surface area contributed by atoms with E-state index in [4.69, 9.17) is 4.74 Å². The molecule has 0 N–H and O–H groups in total. The van der Waals surface area contributed by atoms with E-state index in [1.165, 1.54) is 10.7 Å². The Hall–Kier alpha value is -2.71. The van der Waals surface area contributed by atoms with Crippen LogP contribution in [0, 0.1) is 10.1 Å². The zero-order valence-electron chi connectivity index (χ0n) is 14.6. The number of esters is 1. The molecule has 0 saturated carbocycles. The number of hydrogen-bond acceptors (Lipinski definition) is 7. The van der Waals surface area contributed by atoms with Crippen molar-refractivity contribution >= 4 is 23.1 Å². The van der Waals surface area contributed by atoms with Gasteiger partial charge in [-0.05, 0) is 26.2 Å². The first-order valence-corrected chi connectivity index (χ1v) is 8.52. The zero-order valence-corrected chi connectivity index (χ0v) is 14.6. The molecule has 0 aliphatic carbocycles. The van der Waals surface area contributed by atoms with Gasteiger partial charge < -0.3 is 9.64 Å². The van der Waals surface area contributed by atoms with E-state index in [0.717, 1.165) is 30.8 Å². The minimum atomic E-state index is -0.553. The summed E-state index contributed by atoms with van der Waals surface area (Å²) in [5.74, 6) is 0.165. The summed E-state index contributed by atoms with van der Waals surface area (Å²) in [6, 6.07) is 0.269. The largest absolute Gasteiger partial charge is 0.461 e. The third kappa shape index (κ3) is 2.69. The van der Waals surface area contributed by atoms with Gasteiger partial charge in [-0.3, -0.25) is 10.1 Å². The molecule has 0 bridgehead atoms. The van der Waals surface area contributed by atoms with Crippen molar-refractivity contribution in [1.82, 2.24) is 14.6 Å². The quantitative estimate of drug-likeness (QED) is 0.449. The topological polar surface area (TPSA) is 103 Å². The number of aromatic nitrogens is 3. The van der Waals surface area contributed by atoms with Crippen molar-refractivity contribution in [2.45, 2.75) is 46.1 Å². The molecule has 1 aliphatic heterocycles. The average Bonchev–Trinajstić information content (AvgIpc) is 3.19. The monoisotopic (exact) mass is 347 g/mol. The fourth-order valence-electron chi connectivity index (χ4n) is 3.45. The molecule has 0 aromatic carbocycles. The lowest BCUT2D eigenvalue weighted by Gasteiger charge is -2.28. The van der Waals surface area contributed by atoms with E-state index in [1.54, 1.807) is 6.92 Å². The summed E-state index contributed by atoms with van der Waals surface area (Å²) in [6.45, 7) is 6.86. The first kappa shape index (κ1) is 17.1. The molecule has 0 fully saturated rings. The van der Waals surface area contributed by atoms with Gasteiger partial charge in [-0.2, -0.15) is 9.61 Å². The number of nitro groups is 1. The van der Waals surface area contributed by atoms with Crippen LogP contribution >= 0.6 is 0 Å². The predicted molar refractivity (Wildman–Crippen MR) is 91.0 cm³/mol. The maximum Gasteiger partial charge on any atom is 0.357 e. The molecule has 3 rings (SSSR count). The highest BCUT2D eigenvalue weighted by Crippen LogP contribution is 2.35. The van der Waals surface area contributed by atoms with Gasteiger partial charge >= 0.3 is 11.7 Å². The molecule has 1 aliphatic rings. The molecule has 3 heterocycles. The second-order valence-electron chi connectivity index (χ2n) is 5.92. The molecule has 0 amide bonds. The van der Waals surface area contributed by atoms with E-state index >= 15 is 0 Å². The van der Waals surface area contributed by atoms with E-state index in [9.17, 15) is 14.9 Å². The molecule has 0 saturated heterocycles. The van der Waals surface area contributed by atoms with Gasteiger partial charge in [-0.25, -0.2) is 9.78 Å². The maximum atomic E-state index is 12.4. The van der Waals surface area contributed by atoms with Crippen molar-refractivity contribution in [3.05, 3.63) is 27.6 Å². The molecule has 0 atom stereocenters. The summed E-state index contributed by atoms with van der Waals surface area (Å²) in [5.41, 5.74) is 0.756. The normalized spacial score (nSPS) is 13.5. The van der Waals surface area contributed by atoms with Crippen molar-refractivity contribution in [2.24, 2.45) is 0 Å². The zero-order chi connectivity index (χ0) is 18.1. The van der Waals surface area contributed by atoms with Crippen molar-refractivity contribution in [3.63, 3.8) is 0 Å². The van der Waals surface area contributed by atoms with Gasteiger partial charge in [0.2, 0.25) is 5.65 Å². The molecule has 0 radical (unpaired) electrons. The molecule has 0 spiro atoms. The average molecular weight is 347 g/mol. The Morgan fingerprint density at radius 3 is 2.72 bits per heavy atom. The summed E-state index contributed by atoms with van der Waals surface area (Å²) in [5, 5.41) is 15.5. The standard InChI is InChI=1S/C16H21N5O4/c1-4-10(5-2)19-8-7-11-13(16(22)25-6-3)18-14-12(21(23)24)9-17-20(14)15(11)19/h9-10H,4-8H2,1-3H3. The second kappa shape index (κ2) is 6.66. The Bertz CT molecular complexity index is 828. The van der Waals surface area contributed by atoms with E-state index in [1.807, 2.05) is 0 Å². The second-order valence-corrected chi connectivity index (χ2v) is 5.92. The van der Waals surface area contributed by atoms with Crippen LogP contribution in [0.2, 0.25) is 0 Å². The highest BCUT2D eigenvalue weighted by atomic mass is 16.6. The molecule has 2 aromatic heterocycles. The van der Waals surface area contributed by atoms with Crippen molar-refractivity contribution in [1.29, 1.82) is 0 Å². The smallest absolute Gasteiger partial charge is 0.357 e. The van der Waals surface area contributed by atoms with Crippen LogP contribution in [0.15, 0.2) is 6.20 Å². The lowest BCUT2D eigenvalue weighted by Crippen LogP contribution is -2.34. The van der Waals surface area contributed by atoms with Gasteiger partial charge in [0, 0.05) is 18.2 Å². The first-order valence-electron chi connectivity index (χ1n) is 8.52. The SMILES string of the molecule is CCOC(=O)c1nc2c([N+](=O)[O-])cnn2c2c1CCN2C(CC)CC. The van der Waals surface area contributed by atoms with Crippen molar-refractivity contribution < 1.29 is 14.5 Å². The lowest BCUT2D eigenvalue weighted by atomic mass is 10.1. The minimum absolute atomic E-state index is 0.0738. The Kier molecular flexibility index (Phi) is 4.56. The van der Waals surface area contributed by atoms with E-state index < -0.39 is 10.9 Å². The van der Waals surface area contributed by atoms with E-state index in [2.05, 4.69) is 28.8 Å². The Morgan fingerprint density at radius 2 is 2.12 bits per heavy atom. The van der Waals surface area contributed by atoms with Gasteiger partial charge in [0.15, 0.2) is 5.69 Å². The number of anilines is 1. The Balaban J connectivity index is 2.27. The van der Waals surface area contributed by atoms with Crippen molar-refractivity contribution in [2.75, 3.05) is 18.1 Å². The fraction of sp³-hybridized carbons (Fsp3) is 0.562. The summed E-state index contributed by atoms with van der Waals surface area (Å²) < 4.78 is 6.60. The molecule has 134 valence electrons. The van der Waals surface area contributed by atoms with Crippen LogP contribution in [0.3, 0.4) is 0 Å². The van der Waals surface area contributed by atoms with Crippen LogP contribution < -0.4 is 4.90 Å². The van der Waals surface area contributed by atoms with Crippen molar-refractivity contribution in [3.8, 4) is 0 Å². The highest BCUT2D eigenvalue weighted by molar-refractivity contribution is 5.92. The van der Waals surface area contributed by atoms with Gasteiger partial charge in [-0.1, -0.05) is 13.8 Å².